The Hall–Kier alpha value is -0.970. The first-order valence-electron chi connectivity index (χ1n) is 7.63. The summed E-state index contributed by atoms with van der Waals surface area (Å²) in [5.41, 5.74) is 3.01. The second-order valence-corrected chi connectivity index (χ2v) is 7.06. The predicted molar refractivity (Wildman–Crippen MR) is 85.1 cm³/mol. The molecule has 2 aliphatic rings. The summed E-state index contributed by atoms with van der Waals surface area (Å²) in [6.45, 7) is 4.02. The first kappa shape index (κ1) is 14.0. The van der Waals surface area contributed by atoms with Gasteiger partial charge in [-0.2, -0.15) is 5.10 Å². The van der Waals surface area contributed by atoms with Crippen molar-refractivity contribution < 1.29 is 0 Å². The number of hydrogen-bond donors (Lipinski definition) is 1. The average molecular weight is 292 g/mol. The number of thioether (sulfide) groups is 1. The molecule has 1 aromatic heterocycles. The second kappa shape index (κ2) is 5.80. The fourth-order valence-corrected chi connectivity index (χ4v) is 4.44. The van der Waals surface area contributed by atoms with Crippen LogP contribution in [0.5, 0.6) is 0 Å². The molecule has 0 aromatic carbocycles. The van der Waals surface area contributed by atoms with Crippen LogP contribution in [-0.4, -0.2) is 27.2 Å². The Labute approximate surface area is 125 Å². The van der Waals surface area contributed by atoms with Crippen LogP contribution in [0, 0.1) is 5.41 Å². The summed E-state index contributed by atoms with van der Waals surface area (Å²) in [7, 11) is 1.99. The van der Waals surface area contributed by atoms with Crippen molar-refractivity contribution in [1.29, 1.82) is 0 Å². The molecule has 1 spiro atoms. The smallest absolute Gasteiger partial charge is 0.156 e. The molecule has 0 atom stereocenters. The third-order valence-electron chi connectivity index (χ3n) is 4.49. The summed E-state index contributed by atoms with van der Waals surface area (Å²) < 4.78 is 1.90. The molecule has 20 heavy (non-hydrogen) atoms. The molecular formula is C15H24N4S. The lowest BCUT2D eigenvalue weighted by molar-refractivity contribution is 0.358. The fraction of sp³-hybridized carbons (Fsp3) is 0.733. The van der Waals surface area contributed by atoms with Gasteiger partial charge >= 0.3 is 0 Å². The molecule has 4 nitrogen and oxygen atoms in total. The normalized spacial score (nSPS) is 21.2. The van der Waals surface area contributed by atoms with E-state index in [9.17, 15) is 0 Å². The van der Waals surface area contributed by atoms with Crippen LogP contribution in [0.4, 0.5) is 0 Å². The lowest BCUT2D eigenvalue weighted by Crippen LogP contribution is -2.33. The molecule has 110 valence electrons. The number of aryl methyl sites for hydroxylation is 2. The minimum absolute atomic E-state index is 0.527. The molecule has 1 aliphatic carbocycles. The molecule has 1 saturated carbocycles. The van der Waals surface area contributed by atoms with Gasteiger partial charge in [-0.05, 0) is 24.7 Å². The SMILES string of the molecule is CCc1nn(C)cc1CNC1=NCC2(CCCC2)CS1. The van der Waals surface area contributed by atoms with Crippen LogP contribution < -0.4 is 5.32 Å². The summed E-state index contributed by atoms with van der Waals surface area (Å²) in [6, 6.07) is 0. The molecule has 5 heteroatoms. The van der Waals surface area contributed by atoms with Gasteiger partial charge in [0.25, 0.3) is 0 Å². The largest absolute Gasteiger partial charge is 0.361 e. The van der Waals surface area contributed by atoms with Crippen molar-refractivity contribution in [2.24, 2.45) is 17.5 Å². The zero-order valence-corrected chi connectivity index (χ0v) is 13.3. The first-order chi connectivity index (χ1) is 9.71. The van der Waals surface area contributed by atoms with E-state index < -0.39 is 0 Å². The standard InChI is InChI=1S/C15H24N4S/c1-3-13-12(9-19(2)18-13)8-16-14-17-10-15(11-20-14)6-4-5-7-15/h9H,3-8,10-11H2,1-2H3,(H,16,17). The third kappa shape index (κ3) is 2.87. The summed E-state index contributed by atoms with van der Waals surface area (Å²) in [6.07, 6.45) is 8.64. The van der Waals surface area contributed by atoms with Crippen LogP contribution in [0.25, 0.3) is 0 Å². The van der Waals surface area contributed by atoms with Crippen LogP contribution in [0.1, 0.15) is 43.9 Å². The third-order valence-corrected chi connectivity index (χ3v) is 5.80. The highest BCUT2D eigenvalue weighted by Gasteiger charge is 2.36. The van der Waals surface area contributed by atoms with Crippen molar-refractivity contribution >= 4 is 16.9 Å². The molecule has 2 heterocycles. The zero-order valence-electron chi connectivity index (χ0n) is 12.5. The molecule has 3 rings (SSSR count). The Kier molecular flexibility index (Phi) is 4.06. The van der Waals surface area contributed by atoms with Gasteiger partial charge in [0.05, 0.1) is 5.69 Å². The topological polar surface area (TPSA) is 42.2 Å². The highest BCUT2D eigenvalue weighted by molar-refractivity contribution is 8.13. The maximum atomic E-state index is 4.78. The van der Waals surface area contributed by atoms with Crippen LogP contribution in [0.2, 0.25) is 0 Å². The lowest BCUT2D eigenvalue weighted by atomic mass is 9.89. The van der Waals surface area contributed by atoms with E-state index in [1.54, 1.807) is 0 Å². The van der Waals surface area contributed by atoms with Gasteiger partial charge in [0.2, 0.25) is 0 Å². The van der Waals surface area contributed by atoms with Crippen molar-refractivity contribution in [2.45, 2.75) is 45.6 Å². The summed E-state index contributed by atoms with van der Waals surface area (Å²) in [4.78, 5) is 4.78. The average Bonchev–Trinajstić information content (AvgIpc) is 3.05. The molecule has 1 aliphatic heterocycles. The van der Waals surface area contributed by atoms with Crippen molar-refractivity contribution in [3.8, 4) is 0 Å². The molecule has 0 saturated heterocycles. The Bertz CT molecular complexity index is 500. The van der Waals surface area contributed by atoms with E-state index in [4.69, 9.17) is 4.99 Å². The van der Waals surface area contributed by atoms with Crippen LogP contribution in [0.3, 0.4) is 0 Å². The predicted octanol–water partition coefficient (Wildman–Crippen LogP) is 2.74. The van der Waals surface area contributed by atoms with Gasteiger partial charge in [0.15, 0.2) is 5.17 Å². The minimum Gasteiger partial charge on any atom is -0.361 e. The van der Waals surface area contributed by atoms with Gasteiger partial charge < -0.3 is 5.32 Å². The number of amidine groups is 1. The molecule has 1 N–H and O–H groups in total. The van der Waals surface area contributed by atoms with E-state index in [0.29, 0.717) is 5.41 Å². The molecule has 0 bridgehead atoms. The van der Waals surface area contributed by atoms with Gasteiger partial charge in [-0.3, -0.25) is 9.67 Å². The number of nitrogens with one attached hydrogen (secondary N) is 1. The summed E-state index contributed by atoms with van der Waals surface area (Å²) in [5.74, 6) is 1.24. The molecule has 0 amide bonds. The number of aromatic nitrogens is 2. The molecule has 0 radical (unpaired) electrons. The van der Waals surface area contributed by atoms with E-state index in [-0.39, 0.29) is 0 Å². The molecule has 1 aromatic rings. The number of aliphatic imine (C=N–C) groups is 1. The number of rotatable bonds is 3. The maximum Gasteiger partial charge on any atom is 0.156 e. The van der Waals surface area contributed by atoms with Gasteiger partial charge in [0, 0.05) is 37.7 Å². The molecule has 0 unspecified atom stereocenters. The highest BCUT2D eigenvalue weighted by atomic mass is 32.2. The Morgan fingerprint density at radius 1 is 1.40 bits per heavy atom. The minimum atomic E-state index is 0.527. The quantitative estimate of drug-likeness (QED) is 0.931. The zero-order chi connectivity index (χ0) is 14.0. The number of hydrogen-bond acceptors (Lipinski definition) is 4. The second-order valence-electron chi connectivity index (χ2n) is 6.10. The van der Waals surface area contributed by atoms with E-state index in [0.717, 1.165) is 24.7 Å². The Morgan fingerprint density at radius 2 is 2.20 bits per heavy atom. The van der Waals surface area contributed by atoms with E-state index in [1.807, 2.05) is 23.5 Å². The Morgan fingerprint density at radius 3 is 2.85 bits per heavy atom. The molecule has 1 fully saturated rings. The van der Waals surface area contributed by atoms with E-state index in [1.165, 1.54) is 42.7 Å². The van der Waals surface area contributed by atoms with Crippen molar-refractivity contribution in [3.63, 3.8) is 0 Å². The van der Waals surface area contributed by atoms with Gasteiger partial charge in [0.1, 0.15) is 0 Å². The van der Waals surface area contributed by atoms with Crippen molar-refractivity contribution in [3.05, 3.63) is 17.5 Å². The Balaban J connectivity index is 1.58. The van der Waals surface area contributed by atoms with Crippen molar-refractivity contribution in [1.82, 2.24) is 15.1 Å². The number of nitrogens with zero attached hydrogens (tertiary/aromatic N) is 3. The van der Waals surface area contributed by atoms with E-state index >= 15 is 0 Å². The fourth-order valence-electron chi connectivity index (χ4n) is 3.29. The van der Waals surface area contributed by atoms with E-state index in [2.05, 4.69) is 23.5 Å². The van der Waals surface area contributed by atoms with Gasteiger partial charge in [-0.25, -0.2) is 0 Å². The van der Waals surface area contributed by atoms with Crippen LogP contribution in [-0.2, 0) is 20.0 Å². The summed E-state index contributed by atoms with van der Waals surface area (Å²) >= 11 is 1.91. The first-order valence-corrected chi connectivity index (χ1v) is 8.62. The van der Waals surface area contributed by atoms with Crippen molar-refractivity contribution in [2.75, 3.05) is 12.3 Å². The highest BCUT2D eigenvalue weighted by Crippen LogP contribution is 2.43. The monoisotopic (exact) mass is 292 g/mol. The lowest BCUT2D eigenvalue weighted by Gasteiger charge is -2.31. The van der Waals surface area contributed by atoms with Crippen LogP contribution in [0.15, 0.2) is 11.2 Å². The van der Waals surface area contributed by atoms with Gasteiger partial charge in [-0.1, -0.05) is 31.5 Å². The van der Waals surface area contributed by atoms with Gasteiger partial charge in [-0.15, -0.1) is 0 Å². The maximum absolute atomic E-state index is 4.78. The van der Waals surface area contributed by atoms with Crippen LogP contribution >= 0.6 is 11.8 Å². The molecular weight excluding hydrogens is 268 g/mol. The summed E-state index contributed by atoms with van der Waals surface area (Å²) in [5, 5.41) is 9.09.